The number of rotatable bonds is 2. The first-order chi connectivity index (χ1) is 6.68. The fourth-order valence-electron chi connectivity index (χ4n) is 2.45. The second-order valence-corrected chi connectivity index (χ2v) is 4.13. The van der Waals surface area contributed by atoms with Crippen LogP contribution in [0.15, 0.2) is 24.3 Å². The molecule has 2 nitrogen and oxygen atoms in total. The van der Waals surface area contributed by atoms with E-state index in [2.05, 4.69) is 25.1 Å². The van der Waals surface area contributed by atoms with Crippen molar-refractivity contribution in [2.45, 2.75) is 31.6 Å². The first-order valence-corrected chi connectivity index (χ1v) is 5.05. The van der Waals surface area contributed by atoms with Crippen molar-refractivity contribution in [1.29, 1.82) is 0 Å². The van der Waals surface area contributed by atoms with Gasteiger partial charge >= 0.3 is 0 Å². The third-order valence-electron chi connectivity index (χ3n) is 3.05. The van der Waals surface area contributed by atoms with Gasteiger partial charge in [0.2, 0.25) is 5.91 Å². The summed E-state index contributed by atoms with van der Waals surface area (Å²) in [6, 6.07) is 8.36. The molecule has 1 aliphatic rings. The highest BCUT2D eigenvalue weighted by molar-refractivity contribution is 5.75. The lowest BCUT2D eigenvalue weighted by atomic mass is 9.97. The number of fused-ring (bicyclic) bond motifs is 1. The Morgan fingerprint density at radius 3 is 2.71 bits per heavy atom. The Morgan fingerprint density at radius 2 is 2.07 bits per heavy atom. The lowest BCUT2D eigenvalue weighted by molar-refractivity contribution is -0.118. The van der Waals surface area contributed by atoms with Crippen molar-refractivity contribution < 1.29 is 4.79 Å². The van der Waals surface area contributed by atoms with Crippen molar-refractivity contribution in [2.75, 3.05) is 0 Å². The summed E-state index contributed by atoms with van der Waals surface area (Å²) in [5.74, 6) is 0.716. The van der Waals surface area contributed by atoms with Crippen LogP contribution in [0.25, 0.3) is 0 Å². The highest BCUT2D eigenvalue weighted by Gasteiger charge is 2.28. The molecule has 0 spiro atoms. The first-order valence-electron chi connectivity index (χ1n) is 5.05. The Kier molecular flexibility index (Phi) is 2.28. The number of benzene rings is 1. The number of carbonyl (C=O) groups excluding carboxylic acids is 1. The smallest absolute Gasteiger partial charge is 0.218 e. The molecule has 1 aliphatic carbocycles. The fraction of sp³-hybridized carbons (Fsp3) is 0.417. The molecule has 0 saturated heterocycles. The van der Waals surface area contributed by atoms with Crippen LogP contribution < -0.4 is 5.73 Å². The van der Waals surface area contributed by atoms with Crippen molar-refractivity contribution in [3.05, 3.63) is 35.4 Å². The van der Waals surface area contributed by atoms with Gasteiger partial charge in [0.1, 0.15) is 0 Å². The summed E-state index contributed by atoms with van der Waals surface area (Å²) in [5.41, 5.74) is 7.94. The zero-order valence-electron chi connectivity index (χ0n) is 8.36. The second-order valence-electron chi connectivity index (χ2n) is 4.13. The van der Waals surface area contributed by atoms with Gasteiger partial charge < -0.3 is 5.73 Å². The highest BCUT2D eigenvalue weighted by Crippen LogP contribution is 2.42. The van der Waals surface area contributed by atoms with E-state index in [0.29, 0.717) is 18.3 Å². The molecule has 0 fully saturated rings. The van der Waals surface area contributed by atoms with Gasteiger partial charge in [0.15, 0.2) is 0 Å². The van der Waals surface area contributed by atoms with Gasteiger partial charge in [-0.3, -0.25) is 4.79 Å². The summed E-state index contributed by atoms with van der Waals surface area (Å²) in [7, 11) is 0. The van der Waals surface area contributed by atoms with Crippen LogP contribution in [0.1, 0.15) is 42.7 Å². The largest absolute Gasteiger partial charge is 0.370 e. The number of amides is 1. The monoisotopic (exact) mass is 189 g/mol. The van der Waals surface area contributed by atoms with Crippen LogP contribution in [0.3, 0.4) is 0 Å². The molecule has 2 atom stereocenters. The maximum absolute atomic E-state index is 10.9. The van der Waals surface area contributed by atoms with Gasteiger partial charge in [-0.15, -0.1) is 0 Å². The zero-order chi connectivity index (χ0) is 10.1. The molecule has 0 bridgehead atoms. The van der Waals surface area contributed by atoms with Crippen molar-refractivity contribution in [3.8, 4) is 0 Å². The average Bonchev–Trinajstić information content (AvgIpc) is 2.44. The zero-order valence-corrected chi connectivity index (χ0v) is 8.36. The van der Waals surface area contributed by atoms with Crippen LogP contribution in [-0.4, -0.2) is 5.91 Å². The van der Waals surface area contributed by atoms with Gasteiger partial charge in [-0.1, -0.05) is 31.2 Å². The Hall–Kier alpha value is -1.31. The van der Waals surface area contributed by atoms with E-state index in [1.807, 2.05) is 6.07 Å². The van der Waals surface area contributed by atoms with Crippen molar-refractivity contribution in [3.63, 3.8) is 0 Å². The standard InChI is InChI=1S/C12H15NO/c1-8-6-9(7-12(13)14)11-5-3-2-4-10(8)11/h2-5,8-9H,6-7H2,1H3,(H2,13,14). The topological polar surface area (TPSA) is 43.1 Å². The average molecular weight is 189 g/mol. The molecular formula is C12H15NO. The SMILES string of the molecule is CC1CC(CC(N)=O)c2ccccc21. The number of carbonyl (C=O) groups is 1. The second kappa shape index (κ2) is 3.45. The molecule has 2 N–H and O–H groups in total. The molecule has 2 unspecified atom stereocenters. The van der Waals surface area contributed by atoms with Gasteiger partial charge in [0, 0.05) is 6.42 Å². The highest BCUT2D eigenvalue weighted by atomic mass is 16.1. The van der Waals surface area contributed by atoms with Gasteiger partial charge in [-0.2, -0.15) is 0 Å². The molecule has 0 saturated carbocycles. The quantitative estimate of drug-likeness (QED) is 0.761. The fourth-order valence-corrected chi connectivity index (χ4v) is 2.45. The number of hydrogen-bond donors (Lipinski definition) is 1. The van der Waals surface area contributed by atoms with Crippen LogP contribution in [0.2, 0.25) is 0 Å². The molecule has 0 aromatic heterocycles. The summed E-state index contributed by atoms with van der Waals surface area (Å²) in [6.45, 7) is 2.21. The maximum Gasteiger partial charge on any atom is 0.218 e. The minimum atomic E-state index is -0.195. The minimum absolute atomic E-state index is 0.195. The molecule has 2 heteroatoms. The van der Waals surface area contributed by atoms with E-state index in [0.717, 1.165) is 6.42 Å². The summed E-state index contributed by atoms with van der Waals surface area (Å²) >= 11 is 0. The number of nitrogens with two attached hydrogens (primary N) is 1. The predicted molar refractivity (Wildman–Crippen MR) is 56.0 cm³/mol. The number of primary amides is 1. The van der Waals surface area contributed by atoms with E-state index in [1.165, 1.54) is 11.1 Å². The lowest BCUT2D eigenvalue weighted by Gasteiger charge is -2.07. The molecule has 2 rings (SSSR count). The van der Waals surface area contributed by atoms with Crippen molar-refractivity contribution in [1.82, 2.24) is 0 Å². The van der Waals surface area contributed by atoms with E-state index in [4.69, 9.17) is 5.73 Å². The molecule has 14 heavy (non-hydrogen) atoms. The van der Waals surface area contributed by atoms with Crippen LogP contribution in [0.4, 0.5) is 0 Å². The Balaban J connectivity index is 2.29. The van der Waals surface area contributed by atoms with E-state index < -0.39 is 0 Å². The Labute approximate surface area is 84.1 Å². The van der Waals surface area contributed by atoms with Crippen molar-refractivity contribution >= 4 is 5.91 Å². The van der Waals surface area contributed by atoms with Gasteiger partial charge in [0.05, 0.1) is 0 Å². The third-order valence-corrected chi connectivity index (χ3v) is 3.05. The predicted octanol–water partition coefficient (Wildman–Crippen LogP) is 2.15. The molecule has 74 valence electrons. The van der Waals surface area contributed by atoms with Crippen molar-refractivity contribution in [2.24, 2.45) is 5.73 Å². The Bertz CT molecular complexity index is 359. The van der Waals surface area contributed by atoms with Gasteiger partial charge in [-0.25, -0.2) is 0 Å². The minimum Gasteiger partial charge on any atom is -0.370 e. The lowest BCUT2D eigenvalue weighted by Crippen LogP contribution is -2.14. The van der Waals surface area contributed by atoms with Gasteiger partial charge in [-0.05, 0) is 29.4 Å². The van der Waals surface area contributed by atoms with E-state index >= 15 is 0 Å². The van der Waals surface area contributed by atoms with E-state index in [-0.39, 0.29) is 5.91 Å². The van der Waals surface area contributed by atoms with Crippen LogP contribution in [-0.2, 0) is 4.79 Å². The van der Waals surface area contributed by atoms with E-state index in [9.17, 15) is 4.79 Å². The molecule has 0 radical (unpaired) electrons. The summed E-state index contributed by atoms with van der Waals surface area (Å²) in [6.07, 6.45) is 1.55. The number of hydrogen-bond acceptors (Lipinski definition) is 1. The summed E-state index contributed by atoms with van der Waals surface area (Å²) in [5, 5.41) is 0. The van der Waals surface area contributed by atoms with E-state index in [1.54, 1.807) is 0 Å². The molecule has 1 aromatic rings. The summed E-state index contributed by atoms with van der Waals surface area (Å²) in [4.78, 5) is 10.9. The van der Waals surface area contributed by atoms with Crippen LogP contribution >= 0.6 is 0 Å². The molecular weight excluding hydrogens is 174 g/mol. The molecule has 0 heterocycles. The Morgan fingerprint density at radius 1 is 1.43 bits per heavy atom. The van der Waals surface area contributed by atoms with Gasteiger partial charge in [0.25, 0.3) is 0 Å². The first kappa shape index (κ1) is 9.25. The molecule has 0 aliphatic heterocycles. The summed E-state index contributed by atoms with van der Waals surface area (Å²) < 4.78 is 0. The normalized spacial score (nSPS) is 24.6. The molecule has 1 amide bonds. The third kappa shape index (κ3) is 1.52. The molecule has 1 aromatic carbocycles. The maximum atomic E-state index is 10.9. The van der Waals surface area contributed by atoms with Crippen LogP contribution in [0.5, 0.6) is 0 Å². The van der Waals surface area contributed by atoms with Crippen LogP contribution in [0, 0.1) is 0 Å².